The number of halogens is 6. The molecular weight excluding hydrogens is 759 g/mol. The lowest BCUT2D eigenvalue weighted by molar-refractivity contribution is -0.697. The van der Waals surface area contributed by atoms with E-state index in [1.807, 2.05) is 0 Å². The van der Waals surface area contributed by atoms with E-state index >= 15 is 0 Å². The molecule has 8 nitrogen and oxygen atoms in total. The van der Waals surface area contributed by atoms with Crippen molar-refractivity contribution in [1.29, 1.82) is 0 Å². The van der Waals surface area contributed by atoms with Crippen molar-refractivity contribution in [3.05, 3.63) is 60.2 Å². The Morgan fingerprint density at radius 2 is 0.648 bits per heavy atom. The summed E-state index contributed by atoms with van der Waals surface area (Å²) in [5, 5.41) is 0. The number of hydrogen-bond donors (Lipinski definition) is 0. The Labute approximate surface area is 319 Å². The standard InChI is InChI=1S/C36H60N2.2CHF3O3S/c1-3-7-11-15-19-25-35-27-23-32-38(33-35)30-22-18-14-10-6-2-4-8-12-16-20-26-36-28-24-31-37(34-36)29-21-17-13-9-5-1;2*2-1(3,4)8(5,6)7/h23-24,27-28,31-34H,1-22,25-26,29-30H2;2*(H,5,6,7)/q+2;;/p-2. The molecule has 1 aliphatic rings. The second-order valence-corrected chi connectivity index (χ2v) is 16.7. The first-order chi connectivity index (χ1) is 25.4. The number of nitrogens with zero attached hydrogens (tertiary/aromatic N) is 2. The van der Waals surface area contributed by atoms with Crippen LogP contribution in [0.2, 0.25) is 0 Å². The van der Waals surface area contributed by atoms with Crippen molar-refractivity contribution in [3.63, 3.8) is 0 Å². The van der Waals surface area contributed by atoms with Gasteiger partial charge in [-0.05, 0) is 50.7 Å². The van der Waals surface area contributed by atoms with E-state index in [1.54, 1.807) is 0 Å². The van der Waals surface area contributed by atoms with Gasteiger partial charge in [0.1, 0.15) is 13.1 Å². The number of rotatable bonds is 0. The SMILES string of the molecule is O=S(=O)([O-])C(F)(F)F.O=S(=O)([O-])C(F)(F)F.c1cc2c[n+](c1)CCCCCCCCCCCCCc1ccc[n+](c1)CCCCCCCCCCCCC2. The summed E-state index contributed by atoms with van der Waals surface area (Å²) in [4.78, 5) is 0. The molecule has 312 valence electrons. The van der Waals surface area contributed by atoms with Gasteiger partial charge in [0.2, 0.25) is 0 Å². The van der Waals surface area contributed by atoms with Crippen LogP contribution in [0.25, 0.3) is 0 Å². The lowest BCUT2D eigenvalue weighted by atomic mass is 10.0. The highest BCUT2D eigenvalue weighted by Gasteiger charge is 2.37. The zero-order valence-corrected chi connectivity index (χ0v) is 33.1. The first-order valence-electron chi connectivity index (χ1n) is 19.4. The molecule has 54 heavy (non-hydrogen) atoms. The fourth-order valence-electron chi connectivity index (χ4n) is 6.16. The third-order valence-electron chi connectivity index (χ3n) is 9.17. The van der Waals surface area contributed by atoms with Crippen molar-refractivity contribution >= 4 is 20.2 Å². The van der Waals surface area contributed by atoms with Crippen LogP contribution < -0.4 is 9.13 Å². The molecule has 0 saturated carbocycles. The average molecular weight is 819 g/mol. The average Bonchev–Trinajstić information content (AvgIpc) is 3.08. The van der Waals surface area contributed by atoms with Crippen LogP contribution in [0.1, 0.15) is 152 Å². The van der Waals surface area contributed by atoms with Crippen molar-refractivity contribution in [3.8, 4) is 0 Å². The molecule has 0 spiro atoms. The minimum Gasteiger partial charge on any atom is -0.741 e. The van der Waals surface area contributed by atoms with Crippen molar-refractivity contribution in [2.24, 2.45) is 0 Å². The van der Waals surface area contributed by atoms with E-state index in [1.165, 1.54) is 178 Å². The van der Waals surface area contributed by atoms with Crippen LogP contribution >= 0.6 is 0 Å². The lowest BCUT2D eigenvalue weighted by Crippen LogP contribution is -2.33. The Kier molecular flexibility index (Phi) is 25.2. The zero-order valence-electron chi connectivity index (χ0n) is 31.4. The molecule has 2 aromatic rings. The molecule has 0 atom stereocenters. The smallest absolute Gasteiger partial charge is 0.485 e. The minimum absolute atomic E-state index is 1.19. The van der Waals surface area contributed by atoms with Crippen molar-refractivity contribution < 1.29 is 61.4 Å². The first kappa shape index (κ1) is 49.7. The van der Waals surface area contributed by atoms with Gasteiger partial charge in [-0.2, -0.15) is 26.3 Å². The van der Waals surface area contributed by atoms with Crippen LogP contribution in [-0.2, 0) is 46.2 Å². The van der Waals surface area contributed by atoms with Crippen LogP contribution in [-0.4, -0.2) is 37.0 Å². The molecule has 0 fully saturated rings. The van der Waals surface area contributed by atoms with Crippen LogP contribution in [0, 0.1) is 0 Å². The third-order valence-corrected chi connectivity index (χ3v) is 10.3. The van der Waals surface area contributed by atoms with Crippen LogP contribution in [0.4, 0.5) is 26.3 Å². The van der Waals surface area contributed by atoms with Gasteiger partial charge in [0.25, 0.3) is 0 Å². The highest BCUT2D eigenvalue weighted by Crippen LogP contribution is 2.21. The van der Waals surface area contributed by atoms with E-state index in [0.29, 0.717) is 0 Å². The maximum Gasteiger partial charge on any atom is 0.485 e. The predicted molar refractivity (Wildman–Crippen MR) is 194 cm³/mol. The molecular formula is C38H60F6N2O6S2. The lowest BCUT2D eigenvalue weighted by Gasteiger charge is -2.08. The van der Waals surface area contributed by atoms with Gasteiger partial charge >= 0.3 is 11.0 Å². The van der Waals surface area contributed by atoms with Gasteiger partial charge in [-0.15, -0.1) is 0 Å². The number of pyridine rings is 2. The van der Waals surface area contributed by atoms with Crippen LogP contribution in [0.15, 0.2) is 49.1 Å². The van der Waals surface area contributed by atoms with Crippen molar-refractivity contribution in [2.75, 3.05) is 0 Å². The molecule has 0 amide bonds. The Morgan fingerprint density at radius 1 is 0.426 bits per heavy atom. The van der Waals surface area contributed by atoms with E-state index < -0.39 is 31.3 Å². The number of alkyl halides is 6. The molecule has 0 aliphatic carbocycles. The molecule has 0 N–H and O–H groups in total. The highest BCUT2D eigenvalue weighted by atomic mass is 32.2. The topological polar surface area (TPSA) is 122 Å². The largest absolute Gasteiger partial charge is 0.741 e. The summed E-state index contributed by atoms with van der Waals surface area (Å²) in [6.07, 6.45) is 42.8. The normalized spacial score (nSPS) is 18.2. The van der Waals surface area contributed by atoms with E-state index in [9.17, 15) is 26.3 Å². The summed E-state index contributed by atoms with van der Waals surface area (Å²) < 4.78 is 123. The molecule has 16 heteroatoms. The number of aromatic nitrogens is 2. The third kappa shape index (κ3) is 25.7. The van der Waals surface area contributed by atoms with E-state index in [0.717, 1.165) is 0 Å². The Morgan fingerprint density at radius 3 is 0.889 bits per heavy atom. The van der Waals surface area contributed by atoms with Gasteiger partial charge < -0.3 is 9.11 Å². The minimum atomic E-state index is -6.09. The Bertz CT molecular complexity index is 1320. The number of hydrogen-bond acceptors (Lipinski definition) is 6. The summed E-state index contributed by atoms with van der Waals surface area (Å²) in [6.45, 7) is 2.38. The molecule has 0 radical (unpaired) electrons. The molecule has 0 aromatic carbocycles. The Hall–Kier alpha value is -2.30. The van der Waals surface area contributed by atoms with E-state index in [4.69, 9.17) is 25.9 Å². The second kappa shape index (κ2) is 27.3. The van der Waals surface area contributed by atoms with Crippen molar-refractivity contribution in [2.45, 2.75) is 178 Å². The fourth-order valence-corrected chi connectivity index (χ4v) is 6.16. The summed E-state index contributed by atoms with van der Waals surface area (Å²) in [5.41, 5.74) is -8.23. The van der Waals surface area contributed by atoms with Gasteiger partial charge in [-0.1, -0.05) is 103 Å². The van der Waals surface area contributed by atoms with Crippen LogP contribution in [0.5, 0.6) is 0 Å². The van der Waals surface area contributed by atoms with Crippen LogP contribution in [0.3, 0.4) is 0 Å². The quantitative estimate of drug-likeness (QED) is 0.113. The molecule has 1 aliphatic heterocycles. The molecule has 0 saturated heterocycles. The van der Waals surface area contributed by atoms with Gasteiger partial charge in [-0.3, -0.25) is 0 Å². The predicted octanol–water partition coefficient (Wildman–Crippen LogP) is 9.75. The molecule has 0 unspecified atom stereocenters. The Balaban J connectivity index is 0.000000757. The van der Waals surface area contributed by atoms with Crippen molar-refractivity contribution in [1.82, 2.24) is 0 Å². The second-order valence-electron chi connectivity index (χ2n) is 14.0. The fraction of sp³-hybridized carbons (Fsp3) is 0.737. The number of fused-ring (bicyclic) bond motifs is 4. The first-order valence-corrected chi connectivity index (χ1v) is 22.2. The maximum atomic E-state index is 10.7. The number of aryl methyl sites for hydroxylation is 4. The van der Waals surface area contributed by atoms with E-state index in [2.05, 4.69) is 58.2 Å². The molecule has 3 heterocycles. The summed E-state index contributed by atoms with van der Waals surface area (Å²) in [7, 11) is -12.2. The molecule has 3 rings (SSSR count). The van der Waals surface area contributed by atoms with E-state index in [-0.39, 0.29) is 0 Å². The van der Waals surface area contributed by atoms with Gasteiger partial charge in [-0.25, -0.2) is 26.0 Å². The molecule has 2 aromatic heterocycles. The zero-order chi connectivity index (χ0) is 40.4. The monoisotopic (exact) mass is 818 g/mol. The summed E-state index contributed by atoms with van der Waals surface area (Å²) >= 11 is 0. The summed E-state index contributed by atoms with van der Waals surface area (Å²) in [6, 6.07) is 9.19. The van der Waals surface area contributed by atoms with Gasteiger partial charge in [0.05, 0.1) is 0 Å². The highest BCUT2D eigenvalue weighted by molar-refractivity contribution is 7.86. The van der Waals surface area contributed by atoms with Gasteiger partial charge in [0, 0.05) is 36.1 Å². The molecule has 4 bridgehead atoms. The maximum absolute atomic E-state index is 10.7. The van der Waals surface area contributed by atoms with Gasteiger partial charge in [0.15, 0.2) is 45.0 Å². The summed E-state index contributed by atoms with van der Waals surface area (Å²) in [5.74, 6) is 0.